The Labute approximate surface area is 145 Å². The van der Waals surface area contributed by atoms with Gasteiger partial charge in [-0.3, -0.25) is 4.39 Å². The number of thiophene rings is 1. The number of rotatable bonds is 5. The van der Waals surface area contributed by atoms with Gasteiger partial charge in [0, 0.05) is 24.2 Å². The zero-order valence-corrected chi connectivity index (χ0v) is 16.1. The van der Waals surface area contributed by atoms with Gasteiger partial charge in [0.25, 0.3) is 20.0 Å². The summed E-state index contributed by atoms with van der Waals surface area (Å²) in [6.07, 6.45) is -1.12. The van der Waals surface area contributed by atoms with Gasteiger partial charge < -0.3 is 5.11 Å². The smallest absolute Gasteiger partial charge is 0.253 e. The van der Waals surface area contributed by atoms with E-state index < -0.39 is 38.4 Å². The van der Waals surface area contributed by atoms with Gasteiger partial charge in [-0.2, -0.15) is 4.31 Å². The van der Waals surface area contributed by atoms with Crippen LogP contribution in [0.5, 0.6) is 0 Å². The molecule has 0 aliphatic carbocycles. The summed E-state index contributed by atoms with van der Waals surface area (Å²) in [5.41, 5.74) is -0.653. The molecule has 138 valence electrons. The Kier molecular flexibility index (Phi) is 5.44. The zero-order chi connectivity index (χ0) is 18.3. The minimum atomic E-state index is -3.94. The SMILES string of the molecule is CC(C)(C)NS(=O)(=O)c1cc2c(s1)S(=O)(=O)N(CCCF)CC2O. The van der Waals surface area contributed by atoms with E-state index in [1.165, 1.54) is 6.07 Å². The van der Waals surface area contributed by atoms with Crippen molar-refractivity contribution < 1.29 is 26.3 Å². The van der Waals surface area contributed by atoms with Crippen molar-refractivity contribution in [1.82, 2.24) is 9.03 Å². The Bertz CT molecular complexity index is 811. The van der Waals surface area contributed by atoms with Crippen LogP contribution in [0.25, 0.3) is 0 Å². The van der Waals surface area contributed by atoms with Gasteiger partial charge in [0.15, 0.2) is 0 Å². The normalized spacial score (nSPS) is 21.6. The first kappa shape index (κ1) is 19.7. The van der Waals surface area contributed by atoms with Crippen LogP contribution in [0.15, 0.2) is 14.5 Å². The average Bonchev–Trinajstić information content (AvgIpc) is 2.86. The number of hydrogen-bond acceptors (Lipinski definition) is 6. The van der Waals surface area contributed by atoms with Crippen LogP contribution in [-0.4, -0.2) is 51.6 Å². The van der Waals surface area contributed by atoms with Gasteiger partial charge in [0.05, 0.1) is 12.8 Å². The third kappa shape index (κ3) is 3.97. The topological polar surface area (TPSA) is 104 Å². The number of aliphatic hydroxyl groups is 1. The van der Waals surface area contributed by atoms with Crippen molar-refractivity contribution in [3.05, 3.63) is 11.6 Å². The van der Waals surface area contributed by atoms with Gasteiger partial charge in [0.1, 0.15) is 8.42 Å². The molecule has 1 aromatic rings. The number of nitrogens with one attached hydrogen (secondary N) is 1. The van der Waals surface area contributed by atoms with Crippen molar-refractivity contribution >= 4 is 31.4 Å². The molecule has 0 radical (unpaired) electrons. The van der Waals surface area contributed by atoms with Crippen LogP contribution >= 0.6 is 11.3 Å². The third-order valence-electron chi connectivity index (χ3n) is 3.26. The number of fused-ring (bicyclic) bond motifs is 1. The van der Waals surface area contributed by atoms with Crippen LogP contribution in [0.3, 0.4) is 0 Å². The van der Waals surface area contributed by atoms with Crippen molar-refractivity contribution in [2.45, 2.75) is 47.3 Å². The molecule has 1 aliphatic heterocycles. The molecule has 24 heavy (non-hydrogen) atoms. The molecular formula is C13H21FN2O5S3. The van der Waals surface area contributed by atoms with Crippen molar-refractivity contribution in [3.63, 3.8) is 0 Å². The van der Waals surface area contributed by atoms with Gasteiger partial charge in [-0.25, -0.2) is 21.6 Å². The number of sulfonamides is 2. The van der Waals surface area contributed by atoms with Crippen LogP contribution in [0.4, 0.5) is 4.39 Å². The van der Waals surface area contributed by atoms with Crippen LogP contribution in [0.1, 0.15) is 38.9 Å². The lowest BCUT2D eigenvalue weighted by atomic mass is 10.1. The fourth-order valence-corrected chi connectivity index (χ4v) is 7.62. The Balaban J connectivity index is 2.46. The first-order valence-corrected chi connectivity index (χ1v) is 11.0. The second-order valence-electron chi connectivity index (χ2n) is 6.59. The summed E-state index contributed by atoms with van der Waals surface area (Å²) in [5.74, 6) is 0. The summed E-state index contributed by atoms with van der Waals surface area (Å²) in [7, 11) is -7.84. The van der Waals surface area contributed by atoms with Gasteiger partial charge in [-0.1, -0.05) is 0 Å². The van der Waals surface area contributed by atoms with Crippen molar-refractivity contribution in [2.24, 2.45) is 0 Å². The minimum absolute atomic E-state index is 0.0173. The van der Waals surface area contributed by atoms with E-state index >= 15 is 0 Å². The van der Waals surface area contributed by atoms with Crippen molar-refractivity contribution in [2.75, 3.05) is 19.8 Å². The first-order valence-electron chi connectivity index (χ1n) is 7.30. The van der Waals surface area contributed by atoms with Gasteiger partial charge in [-0.15, -0.1) is 11.3 Å². The van der Waals surface area contributed by atoms with Crippen LogP contribution in [0.2, 0.25) is 0 Å². The number of halogens is 1. The molecular weight excluding hydrogens is 379 g/mol. The molecule has 0 spiro atoms. The van der Waals surface area contributed by atoms with E-state index in [4.69, 9.17) is 0 Å². The largest absolute Gasteiger partial charge is 0.387 e. The van der Waals surface area contributed by atoms with Crippen LogP contribution in [0, 0.1) is 0 Å². The van der Waals surface area contributed by atoms with E-state index in [9.17, 15) is 26.3 Å². The number of nitrogens with zero attached hydrogens (tertiary/aromatic N) is 1. The quantitative estimate of drug-likeness (QED) is 0.773. The zero-order valence-electron chi connectivity index (χ0n) is 13.6. The molecule has 2 N–H and O–H groups in total. The van der Waals surface area contributed by atoms with E-state index in [-0.39, 0.29) is 33.5 Å². The minimum Gasteiger partial charge on any atom is -0.387 e. The molecule has 11 heteroatoms. The molecule has 0 amide bonds. The van der Waals surface area contributed by atoms with Gasteiger partial charge in [-0.05, 0) is 33.3 Å². The standard InChI is InChI=1S/C13H21FN2O5S3/c1-13(2,3)15-23(18,19)11-7-9-10(17)8-16(6-4-5-14)24(20,21)12(9)22-11/h7,10,15,17H,4-6,8H2,1-3H3. The Hall–Kier alpha value is -0.590. The van der Waals surface area contributed by atoms with Gasteiger partial charge in [0.2, 0.25) is 0 Å². The van der Waals surface area contributed by atoms with Crippen molar-refractivity contribution in [1.29, 1.82) is 0 Å². The van der Waals surface area contributed by atoms with Crippen molar-refractivity contribution in [3.8, 4) is 0 Å². The maximum atomic E-state index is 12.6. The lowest BCUT2D eigenvalue weighted by Gasteiger charge is -2.29. The second kappa shape index (κ2) is 6.61. The molecule has 0 saturated heterocycles. The molecule has 7 nitrogen and oxygen atoms in total. The lowest BCUT2D eigenvalue weighted by Crippen LogP contribution is -2.40. The average molecular weight is 401 g/mol. The molecule has 1 atom stereocenters. The maximum Gasteiger partial charge on any atom is 0.253 e. The maximum absolute atomic E-state index is 12.6. The predicted octanol–water partition coefficient (Wildman–Crippen LogP) is 1.22. The Morgan fingerprint density at radius 1 is 1.46 bits per heavy atom. The second-order valence-corrected chi connectivity index (χ2v) is 11.7. The molecule has 0 aromatic carbocycles. The van der Waals surface area contributed by atoms with E-state index in [1.807, 2.05) is 0 Å². The number of alkyl halides is 1. The number of hydrogen-bond donors (Lipinski definition) is 2. The van der Waals surface area contributed by atoms with Gasteiger partial charge >= 0.3 is 0 Å². The highest BCUT2D eigenvalue weighted by Crippen LogP contribution is 2.40. The number of β-amino-alcohol motifs (C(OH)–C–C–N with tert-alkyl or cyclic N) is 1. The summed E-state index contributed by atoms with van der Waals surface area (Å²) >= 11 is 0.597. The Morgan fingerprint density at radius 2 is 2.08 bits per heavy atom. The summed E-state index contributed by atoms with van der Waals surface area (Å²) in [4.78, 5) is 0. The highest BCUT2D eigenvalue weighted by Gasteiger charge is 2.39. The van der Waals surface area contributed by atoms with E-state index in [0.717, 1.165) is 4.31 Å². The third-order valence-corrected chi connectivity index (χ3v) is 9.03. The molecule has 1 aliphatic rings. The fraction of sp³-hybridized carbons (Fsp3) is 0.692. The molecule has 0 fully saturated rings. The highest BCUT2D eigenvalue weighted by molar-refractivity contribution is 7.94. The molecule has 2 rings (SSSR count). The highest BCUT2D eigenvalue weighted by atomic mass is 32.3. The Morgan fingerprint density at radius 3 is 2.62 bits per heavy atom. The summed E-state index contributed by atoms with van der Waals surface area (Å²) < 4.78 is 65.3. The number of aliphatic hydroxyl groups excluding tert-OH is 1. The van der Waals surface area contributed by atoms with E-state index in [1.54, 1.807) is 20.8 Å². The fourth-order valence-electron chi connectivity index (χ4n) is 2.34. The first-order chi connectivity index (χ1) is 10.9. The van der Waals surface area contributed by atoms with E-state index in [2.05, 4.69) is 4.72 Å². The summed E-state index contributed by atoms with van der Waals surface area (Å²) in [6, 6.07) is 1.20. The molecule has 0 bridgehead atoms. The summed E-state index contributed by atoms with van der Waals surface area (Å²) in [6.45, 7) is 4.06. The lowest BCUT2D eigenvalue weighted by molar-refractivity contribution is 0.138. The molecule has 1 aromatic heterocycles. The molecule has 0 saturated carbocycles. The summed E-state index contributed by atoms with van der Waals surface area (Å²) in [5, 5.41) is 10.2. The van der Waals surface area contributed by atoms with Crippen LogP contribution in [-0.2, 0) is 20.0 Å². The molecule has 2 heterocycles. The predicted molar refractivity (Wildman–Crippen MR) is 88.7 cm³/mol. The molecule has 1 unspecified atom stereocenters. The monoisotopic (exact) mass is 400 g/mol. The van der Waals surface area contributed by atoms with Crippen LogP contribution < -0.4 is 4.72 Å². The van der Waals surface area contributed by atoms with E-state index in [0.29, 0.717) is 11.3 Å².